The molecular weight excluding hydrogens is 407 g/mol. The summed E-state index contributed by atoms with van der Waals surface area (Å²) in [7, 11) is 0. The van der Waals surface area contributed by atoms with Gasteiger partial charge in [0, 0.05) is 12.1 Å². The summed E-state index contributed by atoms with van der Waals surface area (Å²) in [6.45, 7) is 3.27. The van der Waals surface area contributed by atoms with E-state index in [1.807, 2.05) is 0 Å². The number of carbonyl (C=O) groups excluding carboxylic acids is 2. The molecule has 29 heavy (non-hydrogen) atoms. The molecule has 1 aliphatic rings. The summed E-state index contributed by atoms with van der Waals surface area (Å²) in [6, 6.07) is 13.5. The minimum atomic E-state index is -5.20. The van der Waals surface area contributed by atoms with E-state index in [0.717, 1.165) is 4.90 Å². The van der Waals surface area contributed by atoms with E-state index in [-0.39, 0.29) is 23.0 Å². The molecule has 1 N–H and O–H groups in total. The van der Waals surface area contributed by atoms with E-state index in [2.05, 4.69) is 11.6 Å². The number of nitrogens with zero attached hydrogens (tertiary/aromatic N) is 2. The van der Waals surface area contributed by atoms with Crippen LogP contribution in [0.1, 0.15) is 15.9 Å². The standard InChI is InChI=1S/C20H15ClF3N3O2/c1-2-12-27-16(13-8-4-3-5-9-13)25-19(18(27)29,20(22,23)24)26-17(28)14-10-6-7-11-15(14)21/h2-11H,1,12H2,(H,26,28). The highest BCUT2D eigenvalue weighted by Gasteiger charge is 2.67. The molecule has 9 heteroatoms. The van der Waals surface area contributed by atoms with Crippen molar-refractivity contribution in [3.8, 4) is 0 Å². The molecule has 0 radical (unpaired) electrons. The van der Waals surface area contributed by atoms with Crippen LogP contribution >= 0.6 is 11.6 Å². The van der Waals surface area contributed by atoms with Gasteiger partial charge in [0.2, 0.25) is 0 Å². The topological polar surface area (TPSA) is 61.8 Å². The second-order valence-electron chi connectivity index (χ2n) is 6.15. The first kappa shape index (κ1) is 20.6. The Morgan fingerprint density at radius 1 is 1.17 bits per heavy atom. The first-order valence-electron chi connectivity index (χ1n) is 8.43. The minimum absolute atomic E-state index is 0.0528. The van der Waals surface area contributed by atoms with Crippen molar-refractivity contribution in [3.63, 3.8) is 0 Å². The fraction of sp³-hybridized carbons (Fsp3) is 0.150. The number of halogens is 4. The molecule has 0 bridgehead atoms. The van der Waals surface area contributed by atoms with Gasteiger partial charge in [-0.25, -0.2) is 4.99 Å². The number of benzene rings is 2. The lowest BCUT2D eigenvalue weighted by atomic mass is 10.1. The Bertz CT molecular complexity index is 992. The highest BCUT2D eigenvalue weighted by Crippen LogP contribution is 2.38. The van der Waals surface area contributed by atoms with Gasteiger partial charge < -0.3 is 5.32 Å². The van der Waals surface area contributed by atoms with Crippen molar-refractivity contribution in [2.75, 3.05) is 6.54 Å². The number of aliphatic imine (C=N–C) groups is 1. The Morgan fingerprint density at radius 3 is 2.38 bits per heavy atom. The van der Waals surface area contributed by atoms with Crippen LogP contribution in [0.15, 0.2) is 72.2 Å². The van der Waals surface area contributed by atoms with Crippen LogP contribution in [-0.2, 0) is 4.79 Å². The summed E-state index contributed by atoms with van der Waals surface area (Å²) in [6.07, 6.45) is -3.92. The molecule has 0 aliphatic carbocycles. The molecule has 150 valence electrons. The summed E-state index contributed by atoms with van der Waals surface area (Å²) in [5.74, 6) is -2.81. The third kappa shape index (κ3) is 3.63. The maximum atomic E-state index is 14.1. The normalized spacial score (nSPS) is 19.1. The van der Waals surface area contributed by atoms with Gasteiger partial charge in [0.1, 0.15) is 5.84 Å². The Morgan fingerprint density at radius 2 is 1.79 bits per heavy atom. The lowest BCUT2D eigenvalue weighted by Crippen LogP contribution is -2.63. The summed E-state index contributed by atoms with van der Waals surface area (Å²) in [5.41, 5.74) is -3.39. The maximum absolute atomic E-state index is 14.1. The summed E-state index contributed by atoms with van der Waals surface area (Å²) in [5, 5.41) is 1.71. The zero-order valence-electron chi connectivity index (χ0n) is 14.9. The molecule has 1 atom stereocenters. The van der Waals surface area contributed by atoms with Gasteiger partial charge >= 0.3 is 11.8 Å². The van der Waals surface area contributed by atoms with Gasteiger partial charge in [0.05, 0.1) is 10.6 Å². The molecule has 2 amide bonds. The summed E-state index contributed by atoms with van der Waals surface area (Å²) < 4.78 is 42.4. The van der Waals surface area contributed by atoms with Gasteiger partial charge in [0.15, 0.2) is 0 Å². The largest absolute Gasteiger partial charge is 0.442 e. The van der Waals surface area contributed by atoms with E-state index >= 15 is 0 Å². The number of nitrogens with one attached hydrogen (secondary N) is 1. The fourth-order valence-electron chi connectivity index (χ4n) is 2.88. The van der Waals surface area contributed by atoms with Crippen molar-refractivity contribution >= 4 is 29.3 Å². The predicted octanol–water partition coefficient (Wildman–Crippen LogP) is 3.80. The lowest BCUT2D eigenvalue weighted by molar-refractivity contribution is -0.196. The molecule has 1 unspecified atom stereocenters. The quantitative estimate of drug-likeness (QED) is 0.746. The average Bonchev–Trinajstić information content (AvgIpc) is 2.96. The Kier molecular flexibility index (Phi) is 5.48. The van der Waals surface area contributed by atoms with Crippen LogP contribution < -0.4 is 5.32 Å². The summed E-state index contributed by atoms with van der Waals surface area (Å²) >= 11 is 5.92. The van der Waals surface area contributed by atoms with Crippen molar-refractivity contribution < 1.29 is 22.8 Å². The maximum Gasteiger partial charge on any atom is 0.442 e. The zero-order valence-corrected chi connectivity index (χ0v) is 15.7. The third-order valence-corrected chi connectivity index (χ3v) is 4.58. The Labute approximate surface area is 169 Å². The van der Waals surface area contributed by atoms with Gasteiger partial charge in [-0.05, 0) is 12.1 Å². The SMILES string of the molecule is C=CCN1C(=O)C(NC(=O)c2ccccc2Cl)(C(F)(F)F)N=C1c1ccccc1. The smallest absolute Gasteiger partial charge is 0.312 e. The number of carbonyl (C=O) groups is 2. The Hall–Kier alpha value is -3.13. The second kappa shape index (κ2) is 7.71. The van der Waals surface area contributed by atoms with Crippen LogP contribution in [0.2, 0.25) is 5.02 Å². The third-order valence-electron chi connectivity index (χ3n) is 4.25. The molecule has 5 nitrogen and oxygen atoms in total. The van der Waals surface area contributed by atoms with Crippen LogP contribution in [0.4, 0.5) is 13.2 Å². The molecule has 2 aromatic carbocycles. The van der Waals surface area contributed by atoms with E-state index in [1.54, 1.807) is 23.5 Å². The van der Waals surface area contributed by atoms with Crippen molar-refractivity contribution in [1.82, 2.24) is 10.2 Å². The van der Waals surface area contributed by atoms with Crippen molar-refractivity contribution in [3.05, 3.63) is 83.4 Å². The van der Waals surface area contributed by atoms with Gasteiger partial charge in [-0.1, -0.05) is 60.1 Å². The molecule has 0 saturated carbocycles. The molecule has 1 aliphatic heterocycles. The van der Waals surface area contributed by atoms with Crippen LogP contribution in [0.25, 0.3) is 0 Å². The first-order chi connectivity index (χ1) is 13.7. The van der Waals surface area contributed by atoms with Gasteiger partial charge in [-0.2, -0.15) is 13.2 Å². The minimum Gasteiger partial charge on any atom is -0.312 e. The van der Waals surface area contributed by atoms with Crippen LogP contribution in [0.5, 0.6) is 0 Å². The van der Waals surface area contributed by atoms with Crippen molar-refractivity contribution in [2.24, 2.45) is 4.99 Å². The molecule has 0 fully saturated rings. The average molecular weight is 422 g/mol. The molecule has 2 aromatic rings. The number of rotatable bonds is 5. The highest BCUT2D eigenvalue weighted by molar-refractivity contribution is 6.34. The molecule has 0 saturated heterocycles. The number of hydrogen-bond acceptors (Lipinski definition) is 3. The highest BCUT2D eigenvalue weighted by atomic mass is 35.5. The summed E-state index contributed by atoms with van der Waals surface area (Å²) in [4.78, 5) is 30.0. The number of alkyl halides is 3. The van der Waals surface area contributed by atoms with E-state index in [4.69, 9.17) is 11.6 Å². The Balaban J connectivity index is 2.13. The predicted molar refractivity (Wildman–Crippen MR) is 103 cm³/mol. The zero-order chi connectivity index (χ0) is 21.2. The van der Waals surface area contributed by atoms with Gasteiger partial charge in [-0.3, -0.25) is 14.5 Å². The van der Waals surface area contributed by atoms with E-state index in [9.17, 15) is 22.8 Å². The van der Waals surface area contributed by atoms with Crippen molar-refractivity contribution in [1.29, 1.82) is 0 Å². The van der Waals surface area contributed by atoms with Crippen molar-refractivity contribution in [2.45, 2.75) is 11.8 Å². The lowest BCUT2D eigenvalue weighted by Gasteiger charge is -2.29. The first-order valence-corrected chi connectivity index (χ1v) is 8.81. The molecular formula is C20H15ClF3N3O2. The van der Waals surface area contributed by atoms with E-state index in [1.165, 1.54) is 42.5 Å². The van der Waals surface area contributed by atoms with Crippen LogP contribution in [0, 0.1) is 0 Å². The molecule has 0 spiro atoms. The van der Waals surface area contributed by atoms with Gasteiger partial charge in [-0.15, -0.1) is 6.58 Å². The van der Waals surface area contributed by atoms with E-state index in [0.29, 0.717) is 5.56 Å². The molecule has 0 aromatic heterocycles. The van der Waals surface area contributed by atoms with Crippen LogP contribution in [-0.4, -0.2) is 40.9 Å². The second-order valence-corrected chi connectivity index (χ2v) is 6.56. The van der Waals surface area contributed by atoms with Gasteiger partial charge in [0.25, 0.3) is 11.8 Å². The monoisotopic (exact) mass is 421 g/mol. The molecule has 3 rings (SSSR count). The van der Waals surface area contributed by atoms with E-state index < -0.39 is 23.7 Å². The molecule has 1 heterocycles. The number of amides is 2. The van der Waals surface area contributed by atoms with Crippen LogP contribution in [0.3, 0.4) is 0 Å². The number of hydrogen-bond donors (Lipinski definition) is 1. The number of amidine groups is 1. The fourth-order valence-corrected chi connectivity index (χ4v) is 3.10.